The van der Waals surface area contributed by atoms with Crippen molar-refractivity contribution in [3.8, 4) is 16.8 Å². The largest absolute Gasteiger partial charge is 0.490 e. The Balaban J connectivity index is 0.000000403. The Kier molecular flexibility index (Phi) is 15.4. The molecule has 0 saturated heterocycles. The number of alkyl halides is 12. The van der Waals surface area contributed by atoms with Gasteiger partial charge >= 0.3 is 42.6 Å². The number of anilines is 1. The average molecular weight is 898 g/mol. The lowest BCUT2D eigenvalue weighted by molar-refractivity contribution is -0.193. The summed E-state index contributed by atoms with van der Waals surface area (Å²) in [6.45, 7) is 2.41. The first-order chi connectivity index (χ1) is 28.5. The summed E-state index contributed by atoms with van der Waals surface area (Å²) in [6, 6.07) is 14.6. The van der Waals surface area contributed by atoms with Crippen molar-refractivity contribution in [1.82, 2.24) is 29.8 Å². The number of fused-ring (bicyclic) bond motifs is 3. The monoisotopic (exact) mass is 897 g/mol. The number of carbonyl (C=O) groups excluding carboxylic acids is 1. The summed E-state index contributed by atoms with van der Waals surface area (Å²) >= 11 is 0. The highest BCUT2D eigenvalue weighted by atomic mass is 19.4. The average Bonchev–Trinajstić information content (AvgIpc) is 3.79. The fourth-order valence-corrected chi connectivity index (χ4v) is 4.85. The number of nitrogens with zero attached hydrogens (tertiary/aromatic N) is 4. The maximum absolute atomic E-state index is 13.8. The van der Waals surface area contributed by atoms with Crippen molar-refractivity contribution in [3.05, 3.63) is 102 Å². The summed E-state index contributed by atoms with van der Waals surface area (Å²) in [5.74, 6) is -8.93. The molecule has 26 heteroatoms. The summed E-state index contributed by atoms with van der Waals surface area (Å²) in [7, 11) is 1.75. The first kappa shape index (κ1) is 49.1. The number of aliphatic carboxylic acids is 3. The lowest BCUT2D eigenvalue weighted by Crippen LogP contribution is -2.21. The molecule has 0 saturated carbocycles. The van der Waals surface area contributed by atoms with E-state index in [1.54, 1.807) is 25.5 Å². The highest BCUT2D eigenvalue weighted by Crippen LogP contribution is 2.34. The van der Waals surface area contributed by atoms with Gasteiger partial charge in [-0.3, -0.25) is 4.79 Å². The number of hydrogen-bond acceptors (Lipinski definition) is 8. The summed E-state index contributed by atoms with van der Waals surface area (Å²) in [6.07, 6.45) is -13.6. The zero-order chi connectivity index (χ0) is 47.0. The number of halogens is 12. The summed E-state index contributed by atoms with van der Waals surface area (Å²) in [5, 5.41) is 29.0. The van der Waals surface area contributed by atoms with Crippen LogP contribution in [0.3, 0.4) is 0 Å². The minimum Gasteiger partial charge on any atom is -0.475 e. The Morgan fingerprint density at radius 1 is 0.742 bits per heavy atom. The molecule has 0 atom stereocenters. The Morgan fingerprint density at radius 3 is 1.85 bits per heavy atom. The van der Waals surface area contributed by atoms with E-state index in [4.69, 9.17) is 29.7 Å². The van der Waals surface area contributed by atoms with Crippen LogP contribution in [-0.2, 0) is 27.1 Å². The summed E-state index contributed by atoms with van der Waals surface area (Å²) in [4.78, 5) is 55.8. The molecule has 0 aliphatic rings. The van der Waals surface area contributed by atoms with Crippen molar-refractivity contribution in [1.29, 1.82) is 0 Å². The second kappa shape index (κ2) is 19.4. The molecule has 0 bridgehead atoms. The fraction of sp³-hybridized carbons (Fsp3) is 0.194. The first-order valence-corrected chi connectivity index (χ1v) is 16.5. The van der Waals surface area contributed by atoms with Crippen LogP contribution in [0.15, 0.2) is 79.6 Å². The van der Waals surface area contributed by atoms with Crippen LogP contribution in [0.5, 0.6) is 0 Å². The zero-order valence-electron chi connectivity index (χ0n) is 31.0. The maximum atomic E-state index is 13.8. The van der Waals surface area contributed by atoms with Gasteiger partial charge in [-0.15, -0.1) is 0 Å². The van der Waals surface area contributed by atoms with Crippen molar-refractivity contribution in [2.24, 2.45) is 0 Å². The molecule has 3 aromatic heterocycles. The fourth-order valence-electron chi connectivity index (χ4n) is 4.85. The molecule has 0 fully saturated rings. The molecule has 3 aromatic carbocycles. The number of carboxylic acids is 3. The van der Waals surface area contributed by atoms with Crippen molar-refractivity contribution in [3.63, 3.8) is 0 Å². The number of carboxylic acid groups (broad SMARTS) is 3. The highest BCUT2D eigenvalue weighted by molar-refractivity contribution is 6.07. The summed E-state index contributed by atoms with van der Waals surface area (Å²) < 4.78 is 138. The number of carbonyl (C=O) groups is 4. The van der Waals surface area contributed by atoms with Crippen LogP contribution < -0.4 is 10.6 Å². The second-order valence-corrected chi connectivity index (χ2v) is 12.1. The van der Waals surface area contributed by atoms with E-state index in [9.17, 15) is 57.5 Å². The standard InChI is InChI=1S/C30H24F3N7O.3C2HF3O2/c1-17-3-5-21(11-25(17)18-4-6-24-26-13-35-15-36-28(26)39-27(24)9-18)38-29(41)19-7-20(30(31,32)33)10-23(8-19)40-14-22(12-34-2)37-16-40;3*3-2(4,5)1(6)7/h3-11,13-16,34H,12H2,1-2H3,(H,38,41)(H,35,36,39);3*(H,6,7). The molecule has 6 N–H and O–H groups in total. The maximum Gasteiger partial charge on any atom is 0.490 e. The highest BCUT2D eigenvalue weighted by Gasteiger charge is 2.39. The van der Waals surface area contributed by atoms with Crippen molar-refractivity contribution in [2.75, 3.05) is 12.4 Å². The Labute approximate surface area is 337 Å². The molecule has 14 nitrogen and oxygen atoms in total. The van der Waals surface area contributed by atoms with Gasteiger partial charge in [0.05, 0.1) is 17.6 Å². The normalized spacial score (nSPS) is 11.6. The van der Waals surface area contributed by atoms with Crippen LogP contribution in [-0.4, -0.2) is 89.2 Å². The van der Waals surface area contributed by atoms with Crippen LogP contribution in [0.2, 0.25) is 0 Å². The Bertz CT molecular complexity index is 2510. The lowest BCUT2D eigenvalue weighted by atomic mass is 9.98. The molecule has 3 heterocycles. The Hall–Kier alpha value is -7.25. The molecule has 0 spiro atoms. The second-order valence-electron chi connectivity index (χ2n) is 12.1. The number of nitrogens with one attached hydrogen (secondary N) is 3. The number of aromatic amines is 1. The molecule has 0 radical (unpaired) electrons. The van der Waals surface area contributed by atoms with Gasteiger partial charge in [0.15, 0.2) is 0 Å². The smallest absolute Gasteiger partial charge is 0.475 e. The zero-order valence-corrected chi connectivity index (χ0v) is 31.0. The van der Waals surface area contributed by atoms with Crippen LogP contribution in [0.4, 0.5) is 58.4 Å². The molecular formula is C36H27F12N7O7. The SMILES string of the molecule is CNCc1cn(-c2cc(C(=O)Nc3ccc(C)c(-c4ccc5c(c4)[nH]c4ncncc45)c3)cc(C(F)(F)F)c2)cn1.O=C(O)C(F)(F)F.O=C(O)C(F)(F)F.O=C(O)C(F)(F)F. The van der Waals surface area contributed by atoms with Crippen LogP contribution in [0.25, 0.3) is 38.8 Å². The topological polar surface area (TPSA) is 212 Å². The van der Waals surface area contributed by atoms with E-state index in [0.717, 1.165) is 50.8 Å². The number of aryl methyl sites for hydroxylation is 1. The van der Waals surface area contributed by atoms with Crippen molar-refractivity contribution < 1.29 is 87.2 Å². The number of rotatable bonds is 6. The van der Waals surface area contributed by atoms with E-state index in [1.807, 2.05) is 37.3 Å². The van der Waals surface area contributed by atoms with Gasteiger partial charge in [-0.2, -0.15) is 52.7 Å². The minimum absolute atomic E-state index is 0.124. The predicted octanol–water partition coefficient (Wildman–Crippen LogP) is 8.16. The third kappa shape index (κ3) is 13.6. The van der Waals surface area contributed by atoms with Gasteiger partial charge in [0.2, 0.25) is 0 Å². The first-order valence-electron chi connectivity index (χ1n) is 16.5. The quantitative estimate of drug-likeness (QED) is 0.0878. The van der Waals surface area contributed by atoms with Gasteiger partial charge in [-0.05, 0) is 67.1 Å². The van der Waals surface area contributed by atoms with E-state index in [0.29, 0.717) is 17.9 Å². The molecule has 62 heavy (non-hydrogen) atoms. The van der Waals surface area contributed by atoms with Gasteiger partial charge in [-0.25, -0.2) is 29.3 Å². The number of aromatic nitrogens is 5. The lowest BCUT2D eigenvalue weighted by Gasteiger charge is -2.14. The molecule has 6 rings (SSSR count). The third-order valence-electron chi connectivity index (χ3n) is 7.61. The number of benzene rings is 3. The number of hydrogen-bond donors (Lipinski definition) is 6. The van der Waals surface area contributed by atoms with E-state index in [2.05, 4.69) is 30.6 Å². The van der Waals surface area contributed by atoms with Crippen molar-refractivity contribution in [2.45, 2.75) is 38.2 Å². The van der Waals surface area contributed by atoms with Gasteiger partial charge in [0.25, 0.3) is 5.91 Å². The number of H-pyrrole nitrogens is 1. The van der Waals surface area contributed by atoms with Gasteiger partial charge < -0.3 is 35.5 Å². The van der Waals surface area contributed by atoms with Crippen molar-refractivity contribution >= 4 is 51.4 Å². The van der Waals surface area contributed by atoms with Crippen LogP contribution in [0.1, 0.15) is 27.2 Å². The molecule has 0 unspecified atom stereocenters. The predicted molar refractivity (Wildman–Crippen MR) is 192 cm³/mol. The van der Waals surface area contributed by atoms with Gasteiger partial charge in [-0.1, -0.05) is 18.2 Å². The molecule has 0 aliphatic heterocycles. The van der Waals surface area contributed by atoms with E-state index >= 15 is 0 Å². The number of amides is 1. The molecule has 1 amide bonds. The van der Waals surface area contributed by atoms with Gasteiger partial charge in [0, 0.05) is 52.2 Å². The van der Waals surface area contributed by atoms with Crippen LogP contribution in [0, 0.1) is 6.92 Å². The van der Waals surface area contributed by atoms with Crippen LogP contribution >= 0.6 is 0 Å². The van der Waals surface area contributed by atoms with E-state index in [-0.39, 0.29) is 11.3 Å². The molecule has 6 aromatic rings. The molecular weight excluding hydrogens is 870 g/mol. The minimum atomic E-state index is -5.08. The Morgan fingerprint density at radius 2 is 1.32 bits per heavy atom. The summed E-state index contributed by atoms with van der Waals surface area (Å²) in [5.41, 5.74) is 4.61. The van der Waals surface area contributed by atoms with E-state index < -0.39 is 54.1 Å². The van der Waals surface area contributed by atoms with E-state index in [1.165, 1.54) is 23.3 Å². The molecule has 332 valence electrons. The van der Waals surface area contributed by atoms with Gasteiger partial charge in [0.1, 0.15) is 12.0 Å². The number of imidazole rings is 1. The third-order valence-corrected chi connectivity index (χ3v) is 7.61. The molecule has 0 aliphatic carbocycles.